The monoisotopic (exact) mass is 246 g/mol. The quantitative estimate of drug-likeness (QED) is 0.808. The number of amides is 1. The number of carbonyl (C=O) groups excluding carboxylic acids is 1. The third kappa shape index (κ3) is 3.57. The first-order chi connectivity index (χ1) is 8.68. The second-order valence-electron chi connectivity index (χ2n) is 5.22. The molecule has 1 fully saturated rings. The van der Waals surface area contributed by atoms with Gasteiger partial charge < -0.3 is 11.1 Å². The molecule has 0 spiro atoms. The van der Waals surface area contributed by atoms with Crippen molar-refractivity contribution in [2.75, 3.05) is 6.54 Å². The van der Waals surface area contributed by atoms with Gasteiger partial charge in [-0.25, -0.2) is 0 Å². The molecule has 3 N–H and O–H groups in total. The van der Waals surface area contributed by atoms with Gasteiger partial charge in [-0.1, -0.05) is 37.3 Å². The highest BCUT2D eigenvalue weighted by atomic mass is 16.1. The molecule has 1 aliphatic carbocycles. The van der Waals surface area contributed by atoms with Crippen LogP contribution in [0.4, 0.5) is 0 Å². The van der Waals surface area contributed by atoms with E-state index < -0.39 is 0 Å². The Labute approximate surface area is 109 Å². The van der Waals surface area contributed by atoms with E-state index in [1.54, 1.807) is 0 Å². The van der Waals surface area contributed by atoms with Crippen molar-refractivity contribution in [2.45, 2.75) is 32.2 Å². The van der Waals surface area contributed by atoms with Crippen LogP contribution >= 0.6 is 0 Å². The minimum absolute atomic E-state index is 0.00253. The van der Waals surface area contributed by atoms with E-state index in [1.807, 2.05) is 37.3 Å². The van der Waals surface area contributed by atoms with Crippen LogP contribution in [0.2, 0.25) is 0 Å². The van der Waals surface area contributed by atoms with Crippen LogP contribution in [-0.2, 0) is 4.79 Å². The van der Waals surface area contributed by atoms with Crippen molar-refractivity contribution in [1.29, 1.82) is 0 Å². The van der Waals surface area contributed by atoms with Gasteiger partial charge in [0.05, 0.1) is 0 Å². The minimum atomic E-state index is 0.00253. The van der Waals surface area contributed by atoms with Crippen molar-refractivity contribution in [1.82, 2.24) is 5.32 Å². The van der Waals surface area contributed by atoms with E-state index in [0.717, 1.165) is 12.0 Å². The van der Waals surface area contributed by atoms with Crippen LogP contribution in [0.5, 0.6) is 0 Å². The lowest BCUT2D eigenvalue weighted by molar-refractivity contribution is -0.125. The molecule has 2 atom stereocenters. The Balaban J connectivity index is 1.70. The highest BCUT2D eigenvalue weighted by Crippen LogP contribution is 2.36. The van der Waals surface area contributed by atoms with E-state index in [2.05, 4.69) is 5.32 Å². The summed E-state index contributed by atoms with van der Waals surface area (Å²) in [6.45, 7) is 2.68. The van der Waals surface area contributed by atoms with Crippen molar-refractivity contribution in [3.63, 3.8) is 0 Å². The number of rotatable bonds is 6. The van der Waals surface area contributed by atoms with E-state index in [9.17, 15) is 4.79 Å². The number of hydrogen-bond donors (Lipinski definition) is 2. The van der Waals surface area contributed by atoms with Gasteiger partial charge in [-0.05, 0) is 30.7 Å². The van der Waals surface area contributed by atoms with Gasteiger partial charge in [0.2, 0.25) is 5.91 Å². The molecule has 0 radical (unpaired) electrons. The fourth-order valence-corrected chi connectivity index (χ4v) is 2.19. The van der Waals surface area contributed by atoms with Crippen molar-refractivity contribution >= 4 is 5.91 Å². The highest BCUT2D eigenvalue weighted by molar-refractivity contribution is 5.78. The van der Waals surface area contributed by atoms with Gasteiger partial charge in [0.15, 0.2) is 0 Å². The Morgan fingerprint density at radius 2 is 2.06 bits per heavy atom. The fourth-order valence-electron chi connectivity index (χ4n) is 2.19. The normalized spacial score (nSPS) is 18.1. The Morgan fingerprint density at radius 3 is 2.67 bits per heavy atom. The van der Waals surface area contributed by atoms with Crippen LogP contribution in [0.1, 0.15) is 37.8 Å². The summed E-state index contributed by atoms with van der Waals surface area (Å²) in [7, 11) is 0. The summed E-state index contributed by atoms with van der Waals surface area (Å²) in [6, 6.07) is 10.0. The molecule has 0 heterocycles. The number of nitrogens with one attached hydrogen (secondary N) is 1. The maximum absolute atomic E-state index is 11.8. The average Bonchev–Trinajstić information content (AvgIpc) is 3.23. The summed E-state index contributed by atoms with van der Waals surface area (Å²) in [4.78, 5) is 11.8. The maximum Gasteiger partial charge on any atom is 0.223 e. The van der Waals surface area contributed by atoms with E-state index in [0.29, 0.717) is 12.5 Å². The molecule has 1 saturated carbocycles. The van der Waals surface area contributed by atoms with Crippen LogP contribution in [0, 0.1) is 11.8 Å². The van der Waals surface area contributed by atoms with Crippen LogP contribution in [0.3, 0.4) is 0 Å². The third-order valence-electron chi connectivity index (χ3n) is 3.72. The molecule has 1 aromatic rings. The predicted molar refractivity (Wildman–Crippen MR) is 72.9 cm³/mol. The number of carbonyl (C=O) groups is 1. The van der Waals surface area contributed by atoms with Crippen LogP contribution in [0.15, 0.2) is 30.3 Å². The lowest BCUT2D eigenvalue weighted by atomic mass is 10.0. The van der Waals surface area contributed by atoms with Gasteiger partial charge in [-0.3, -0.25) is 4.79 Å². The molecule has 2 unspecified atom stereocenters. The van der Waals surface area contributed by atoms with Gasteiger partial charge in [0.25, 0.3) is 0 Å². The zero-order valence-corrected chi connectivity index (χ0v) is 10.9. The summed E-state index contributed by atoms with van der Waals surface area (Å²) in [5, 5.41) is 2.99. The summed E-state index contributed by atoms with van der Waals surface area (Å²) >= 11 is 0. The largest absolute Gasteiger partial charge is 0.356 e. The fraction of sp³-hybridized carbons (Fsp3) is 0.533. The van der Waals surface area contributed by atoms with Crippen LogP contribution in [0.25, 0.3) is 0 Å². The molecule has 3 heteroatoms. The predicted octanol–water partition coefficient (Wildman–Crippen LogP) is 2.24. The highest BCUT2D eigenvalue weighted by Gasteiger charge is 2.32. The van der Waals surface area contributed by atoms with E-state index in [4.69, 9.17) is 5.73 Å². The standard InChI is InChI=1S/C15H22N2O/c1-11(12-7-8-12)15(18)17-10-9-14(16)13-5-3-2-4-6-13/h2-6,11-12,14H,7-10,16H2,1H3,(H,17,18). The number of hydrogen-bond acceptors (Lipinski definition) is 2. The van der Waals surface area contributed by atoms with Gasteiger partial charge in [0.1, 0.15) is 0 Å². The van der Waals surface area contributed by atoms with Crippen molar-refractivity contribution in [2.24, 2.45) is 17.6 Å². The zero-order chi connectivity index (χ0) is 13.0. The Morgan fingerprint density at radius 1 is 1.39 bits per heavy atom. The molecule has 0 aromatic heterocycles. The summed E-state index contributed by atoms with van der Waals surface area (Å²) < 4.78 is 0. The van der Waals surface area contributed by atoms with Crippen molar-refractivity contribution in [3.05, 3.63) is 35.9 Å². The van der Waals surface area contributed by atoms with Crippen molar-refractivity contribution < 1.29 is 4.79 Å². The molecule has 0 bridgehead atoms. The molecule has 0 aliphatic heterocycles. The van der Waals surface area contributed by atoms with Gasteiger partial charge >= 0.3 is 0 Å². The van der Waals surface area contributed by atoms with Gasteiger partial charge in [-0.2, -0.15) is 0 Å². The van der Waals surface area contributed by atoms with E-state index >= 15 is 0 Å². The first-order valence-electron chi connectivity index (χ1n) is 6.76. The zero-order valence-electron chi connectivity index (χ0n) is 10.9. The van der Waals surface area contributed by atoms with E-state index in [1.165, 1.54) is 12.8 Å². The molecule has 18 heavy (non-hydrogen) atoms. The third-order valence-corrected chi connectivity index (χ3v) is 3.72. The number of nitrogens with two attached hydrogens (primary N) is 1. The Hall–Kier alpha value is -1.35. The lowest BCUT2D eigenvalue weighted by Crippen LogP contribution is -2.32. The molecule has 98 valence electrons. The average molecular weight is 246 g/mol. The smallest absolute Gasteiger partial charge is 0.223 e. The van der Waals surface area contributed by atoms with Crippen LogP contribution < -0.4 is 11.1 Å². The Kier molecular flexibility index (Phi) is 4.37. The Bertz CT molecular complexity index is 387. The summed E-state index contributed by atoms with van der Waals surface area (Å²) in [5.41, 5.74) is 7.21. The topological polar surface area (TPSA) is 55.1 Å². The molecule has 1 amide bonds. The minimum Gasteiger partial charge on any atom is -0.356 e. The SMILES string of the molecule is CC(C(=O)NCCC(N)c1ccccc1)C1CC1. The molecule has 1 aliphatic rings. The first-order valence-corrected chi connectivity index (χ1v) is 6.76. The van der Waals surface area contributed by atoms with Gasteiger partial charge in [0, 0.05) is 18.5 Å². The molecular formula is C15H22N2O. The molecule has 3 nitrogen and oxygen atoms in total. The van der Waals surface area contributed by atoms with Crippen LogP contribution in [-0.4, -0.2) is 12.5 Å². The van der Waals surface area contributed by atoms with Gasteiger partial charge in [-0.15, -0.1) is 0 Å². The van der Waals surface area contributed by atoms with Crippen molar-refractivity contribution in [3.8, 4) is 0 Å². The summed E-state index contributed by atoms with van der Waals surface area (Å²) in [6.07, 6.45) is 3.20. The van der Waals surface area contributed by atoms with E-state index in [-0.39, 0.29) is 17.9 Å². The number of benzene rings is 1. The molecular weight excluding hydrogens is 224 g/mol. The molecule has 0 saturated heterocycles. The second kappa shape index (κ2) is 6.01. The lowest BCUT2D eigenvalue weighted by Gasteiger charge is -2.14. The maximum atomic E-state index is 11.8. The molecule has 1 aromatic carbocycles. The second-order valence-corrected chi connectivity index (χ2v) is 5.22. The summed E-state index contributed by atoms with van der Waals surface area (Å²) in [5.74, 6) is 0.962. The first kappa shape index (κ1) is 13.1. The molecule has 2 rings (SSSR count).